The molecule has 6 aromatic rings. The van der Waals surface area contributed by atoms with Crippen LogP contribution >= 0.6 is 22.7 Å². The molecule has 0 bridgehead atoms. The predicted octanol–water partition coefficient (Wildman–Crippen LogP) is 11.7. The first-order chi connectivity index (χ1) is 28.1. The normalized spacial score (nSPS) is 14.0. The van der Waals surface area contributed by atoms with Gasteiger partial charge in [-0.1, -0.05) is 27.7 Å². The standard InChI is InChI=1S/C46H36N4O6S2/c1-21(2)19-55-41-39-37-26-12-24-14-32(52-8)31(51-7)13-23(24)11-25(26)35(29(17-47)49-5)43(37)57-45(39)42(56-20-22(3)4)40-38-28-16-34(54-10)33(53-9)15-27(28)36(30(18-48)50-6)44(38)58-46(40)41/h11-16,21-22H,19-20H2,1-4,7-10H3/b35-29-,36-30+. The van der Waals surface area contributed by atoms with Crippen molar-refractivity contribution >= 4 is 64.8 Å². The summed E-state index contributed by atoms with van der Waals surface area (Å²) in [4.78, 5) is 8.96. The number of fused-ring (bicyclic) bond motifs is 11. The quantitative estimate of drug-likeness (QED) is 0.0992. The van der Waals surface area contributed by atoms with Crippen LogP contribution in [0.25, 0.3) is 74.0 Å². The molecule has 0 amide bonds. The summed E-state index contributed by atoms with van der Waals surface area (Å²) in [6.07, 6.45) is 0. The lowest BCUT2D eigenvalue weighted by Crippen LogP contribution is -2.07. The molecule has 0 N–H and O–H groups in total. The van der Waals surface area contributed by atoms with E-state index in [4.69, 9.17) is 41.6 Å². The van der Waals surface area contributed by atoms with Crippen molar-refractivity contribution in [1.29, 1.82) is 10.5 Å². The van der Waals surface area contributed by atoms with E-state index in [0.717, 1.165) is 68.5 Å². The first-order valence-electron chi connectivity index (χ1n) is 18.4. The second-order valence-electron chi connectivity index (χ2n) is 14.7. The van der Waals surface area contributed by atoms with Crippen LogP contribution in [0.1, 0.15) is 48.6 Å². The Balaban J connectivity index is 1.59. The third-order valence-corrected chi connectivity index (χ3v) is 12.7. The molecule has 2 aliphatic rings. The molecule has 2 heterocycles. The monoisotopic (exact) mass is 804 g/mol. The van der Waals surface area contributed by atoms with Crippen LogP contribution in [0.4, 0.5) is 0 Å². The molecular formula is C46H36N4O6S2. The fourth-order valence-corrected chi connectivity index (χ4v) is 10.6. The zero-order chi connectivity index (χ0) is 41.2. The second kappa shape index (κ2) is 14.7. The van der Waals surface area contributed by atoms with Gasteiger partial charge in [-0.3, -0.25) is 0 Å². The maximum absolute atomic E-state index is 10.4. The summed E-state index contributed by atoms with van der Waals surface area (Å²) in [7, 11) is 6.32. The van der Waals surface area contributed by atoms with E-state index < -0.39 is 0 Å². The molecule has 58 heavy (non-hydrogen) atoms. The molecule has 8 rings (SSSR count). The molecule has 12 heteroatoms. The molecule has 0 radical (unpaired) electrons. The van der Waals surface area contributed by atoms with Gasteiger partial charge in [-0.25, -0.2) is 20.2 Å². The lowest BCUT2D eigenvalue weighted by atomic mass is 9.96. The molecule has 0 saturated heterocycles. The number of methoxy groups -OCH3 is 4. The van der Waals surface area contributed by atoms with Gasteiger partial charge in [0.2, 0.25) is 0 Å². The minimum Gasteiger partial charge on any atom is -0.493 e. The first kappa shape index (κ1) is 38.2. The van der Waals surface area contributed by atoms with Gasteiger partial charge in [0.15, 0.2) is 23.0 Å². The molecule has 0 aliphatic heterocycles. The highest BCUT2D eigenvalue weighted by atomic mass is 32.1. The maximum Gasteiger partial charge on any atom is 0.271 e. The second-order valence-corrected chi connectivity index (χ2v) is 16.7. The van der Waals surface area contributed by atoms with Crippen molar-refractivity contribution in [2.24, 2.45) is 11.8 Å². The molecule has 10 nitrogen and oxygen atoms in total. The van der Waals surface area contributed by atoms with Crippen LogP contribution in [0, 0.1) is 47.6 Å². The van der Waals surface area contributed by atoms with E-state index in [2.05, 4.69) is 55.6 Å². The highest BCUT2D eigenvalue weighted by molar-refractivity contribution is 7.23. The summed E-state index contributed by atoms with van der Waals surface area (Å²) in [5.74, 6) is 3.72. The van der Waals surface area contributed by atoms with Crippen molar-refractivity contribution in [3.8, 4) is 68.9 Å². The average Bonchev–Trinajstić information content (AvgIpc) is 3.96. The summed E-state index contributed by atoms with van der Waals surface area (Å²) >= 11 is 2.93. The van der Waals surface area contributed by atoms with E-state index in [1.807, 2.05) is 30.3 Å². The molecule has 0 atom stereocenters. The molecule has 0 spiro atoms. The number of rotatable bonds is 10. The van der Waals surface area contributed by atoms with Gasteiger partial charge < -0.3 is 28.4 Å². The summed E-state index contributed by atoms with van der Waals surface area (Å²) in [6, 6.07) is 16.0. The third-order valence-electron chi connectivity index (χ3n) is 10.2. The Kier molecular flexibility index (Phi) is 9.66. The Bertz CT molecular complexity index is 2980. The number of ether oxygens (including phenoxy) is 6. The van der Waals surface area contributed by atoms with Crippen molar-refractivity contribution in [3.05, 3.63) is 91.5 Å². The minimum atomic E-state index is -0.0402. The Hall–Kier alpha value is -6.70. The number of benzene rings is 4. The SMILES string of the molecule is [C-]#[N+]/C(C#N)=C1/c2cc3cc(OC)c(OC)cc3cc2-c2c1sc1c(OCC(C)C)c3c4c(sc3c(OCC(C)C)c21)/C(=C(\C#N)[N+]#[C-])c1cc(OC)c(OC)cc1-4. The van der Waals surface area contributed by atoms with Crippen LogP contribution in [-0.4, -0.2) is 41.7 Å². The van der Waals surface area contributed by atoms with Gasteiger partial charge in [0.1, 0.15) is 11.5 Å². The van der Waals surface area contributed by atoms with E-state index in [-0.39, 0.29) is 23.2 Å². The van der Waals surface area contributed by atoms with E-state index in [0.29, 0.717) is 64.4 Å². The highest BCUT2D eigenvalue weighted by Crippen LogP contribution is 2.65. The van der Waals surface area contributed by atoms with Crippen molar-refractivity contribution < 1.29 is 28.4 Å². The molecule has 0 fully saturated rings. The average molecular weight is 805 g/mol. The number of allylic oxidation sites excluding steroid dienone is 2. The first-order valence-corrected chi connectivity index (χ1v) is 20.1. The molecular weight excluding hydrogens is 769 g/mol. The number of nitrogens with zero attached hydrogens (tertiary/aromatic N) is 4. The van der Waals surface area contributed by atoms with Crippen molar-refractivity contribution in [3.63, 3.8) is 0 Å². The van der Waals surface area contributed by atoms with Crippen molar-refractivity contribution in [1.82, 2.24) is 0 Å². The van der Waals surface area contributed by atoms with Gasteiger partial charge in [0.25, 0.3) is 11.4 Å². The minimum absolute atomic E-state index is 0.0173. The van der Waals surface area contributed by atoms with Crippen LogP contribution in [-0.2, 0) is 0 Å². The van der Waals surface area contributed by atoms with E-state index in [1.54, 1.807) is 28.4 Å². The largest absolute Gasteiger partial charge is 0.493 e. The highest BCUT2D eigenvalue weighted by Gasteiger charge is 2.39. The Morgan fingerprint density at radius 3 is 1.33 bits per heavy atom. The molecule has 0 unspecified atom stereocenters. The third kappa shape index (κ3) is 5.60. The number of nitriles is 2. The van der Waals surface area contributed by atoms with Gasteiger partial charge in [-0.15, -0.1) is 22.7 Å². The van der Waals surface area contributed by atoms with Gasteiger partial charge in [-0.05, 0) is 81.3 Å². The lowest BCUT2D eigenvalue weighted by Gasteiger charge is -2.18. The predicted molar refractivity (Wildman–Crippen MR) is 229 cm³/mol. The fourth-order valence-electron chi connectivity index (χ4n) is 7.81. The summed E-state index contributed by atoms with van der Waals surface area (Å²) in [6.45, 7) is 25.3. The number of hydrogen-bond donors (Lipinski definition) is 0. The fraction of sp³-hybridized carbons (Fsp3) is 0.261. The molecule has 0 saturated carbocycles. The molecule has 288 valence electrons. The van der Waals surface area contributed by atoms with Crippen LogP contribution < -0.4 is 28.4 Å². The van der Waals surface area contributed by atoms with Crippen molar-refractivity contribution in [2.45, 2.75) is 27.7 Å². The summed E-state index contributed by atoms with van der Waals surface area (Å²) < 4.78 is 38.2. The Labute approximate surface area is 343 Å². The Morgan fingerprint density at radius 1 is 0.586 bits per heavy atom. The van der Waals surface area contributed by atoms with Crippen LogP contribution in [0.3, 0.4) is 0 Å². The van der Waals surface area contributed by atoms with E-state index >= 15 is 0 Å². The van der Waals surface area contributed by atoms with Crippen LogP contribution in [0.2, 0.25) is 0 Å². The van der Waals surface area contributed by atoms with Gasteiger partial charge in [0.05, 0.1) is 76.3 Å². The molecule has 4 aromatic carbocycles. The number of thiophene rings is 2. The molecule has 2 aromatic heterocycles. The zero-order valence-corrected chi connectivity index (χ0v) is 34.7. The summed E-state index contributed by atoms with van der Waals surface area (Å²) in [5, 5.41) is 24.1. The van der Waals surface area contributed by atoms with Crippen LogP contribution in [0.5, 0.6) is 34.5 Å². The summed E-state index contributed by atoms with van der Waals surface area (Å²) in [5.41, 5.74) is 5.76. The van der Waals surface area contributed by atoms with Gasteiger partial charge in [-0.2, -0.15) is 0 Å². The van der Waals surface area contributed by atoms with E-state index in [1.165, 1.54) is 22.7 Å². The topological polar surface area (TPSA) is 112 Å². The lowest BCUT2D eigenvalue weighted by molar-refractivity contribution is 0.273. The smallest absolute Gasteiger partial charge is 0.271 e. The maximum atomic E-state index is 10.4. The Morgan fingerprint density at radius 2 is 0.948 bits per heavy atom. The van der Waals surface area contributed by atoms with Gasteiger partial charge in [0, 0.05) is 42.8 Å². The van der Waals surface area contributed by atoms with Crippen LogP contribution in [0.15, 0.2) is 47.8 Å². The zero-order valence-electron chi connectivity index (χ0n) is 33.1. The van der Waals surface area contributed by atoms with Crippen molar-refractivity contribution in [2.75, 3.05) is 41.7 Å². The van der Waals surface area contributed by atoms with Gasteiger partial charge >= 0.3 is 0 Å². The molecule has 2 aliphatic carbocycles. The van der Waals surface area contributed by atoms with E-state index in [9.17, 15) is 10.5 Å². The number of hydrogen-bond acceptors (Lipinski definition) is 10.